The zero-order valence-electron chi connectivity index (χ0n) is 6.59. The van der Waals surface area contributed by atoms with Crippen LogP contribution in [0.25, 0.3) is 0 Å². The Morgan fingerprint density at radius 3 is 2.25 bits per heavy atom. The maximum Gasteiger partial charge on any atom is 0.119 e. The summed E-state index contributed by atoms with van der Waals surface area (Å²) in [6.07, 6.45) is 0. The van der Waals surface area contributed by atoms with Crippen molar-refractivity contribution in [1.82, 2.24) is 0 Å². The second kappa shape index (κ2) is 5.28. The minimum absolute atomic E-state index is 0.511. The second-order valence-corrected chi connectivity index (χ2v) is 2.96. The molecule has 0 unspecified atom stereocenters. The molecule has 1 rings (SSSR count). The average molecular weight is 205 g/mol. The zero-order chi connectivity index (χ0) is 8.81. The van der Waals surface area contributed by atoms with Crippen molar-refractivity contribution in [2.45, 2.75) is 5.88 Å². The Morgan fingerprint density at radius 1 is 1.08 bits per heavy atom. The highest BCUT2D eigenvalue weighted by Gasteiger charge is 1.93. The lowest BCUT2D eigenvalue weighted by molar-refractivity contribution is 0.342. The second-order valence-electron chi connectivity index (χ2n) is 2.32. The fourth-order valence-electron chi connectivity index (χ4n) is 0.831. The van der Waals surface area contributed by atoms with Crippen LogP contribution < -0.4 is 4.74 Å². The van der Waals surface area contributed by atoms with Crippen LogP contribution >= 0.6 is 23.2 Å². The molecule has 0 heterocycles. The van der Waals surface area contributed by atoms with E-state index in [4.69, 9.17) is 27.9 Å². The van der Waals surface area contributed by atoms with E-state index < -0.39 is 0 Å². The number of alkyl halides is 2. The number of rotatable bonds is 4. The molecule has 0 atom stereocenters. The molecule has 0 aliphatic carbocycles. The zero-order valence-corrected chi connectivity index (χ0v) is 8.11. The Kier molecular flexibility index (Phi) is 4.26. The summed E-state index contributed by atoms with van der Waals surface area (Å²) in [5, 5.41) is 0. The van der Waals surface area contributed by atoms with Gasteiger partial charge in [0.05, 0.1) is 5.88 Å². The number of hydrogen-bond donors (Lipinski definition) is 0. The minimum Gasteiger partial charge on any atom is -0.492 e. The fourth-order valence-corrected chi connectivity index (χ4v) is 1.09. The summed E-state index contributed by atoms with van der Waals surface area (Å²) < 4.78 is 5.28. The Morgan fingerprint density at radius 2 is 1.75 bits per heavy atom. The Labute approximate surface area is 82.2 Å². The fraction of sp³-hybridized carbons (Fsp3) is 0.333. The molecule has 0 bridgehead atoms. The predicted octanol–water partition coefficient (Wildman–Crippen LogP) is 3.04. The summed E-state index contributed by atoms with van der Waals surface area (Å²) >= 11 is 11.1. The molecular weight excluding hydrogens is 195 g/mol. The monoisotopic (exact) mass is 204 g/mol. The SMILES string of the molecule is ClCCOc1ccc(CCl)cc1. The summed E-state index contributed by atoms with van der Waals surface area (Å²) in [5.74, 6) is 1.89. The van der Waals surface area contributed by atoms with E-state index >= 15 is 0 Å². The first-order valence-corrected chi connectivity index (χ1v) is 4.77. The Hall–Kier alpha value is -0.400. The van der Waals surface area contributed by atoms with Crippen molar-refractivity contribution in [2.75, 3.05) is 12.5 Å². The van der Waals surface area contributed by atoms with Crippen LogP contribution in [0.2, 0.25) is 0 Å². The average Bonchev–Trinajstić information content (AvgIpc) is 2.15. The van der Waals surface area contributed by atoms with Gasteiger partial charge in [-0.1, -0.05) is 12.1 Å². The lowest BCUT2D eigenvalue weighted by Gasteiger charge is -2.03. The van der Waals surface area contributed by atoms with E-state index in [0.717, 1.165) is 11.3 Å². The molecule has 0 spiro atoms. The molecular formula is C9H10Cl2O. The van der Waals surface area contributed by atoms with Gasteiger partial charge in [-0.3, -0.25) is 0 Å². The summed E-state index contributed by atoms with van der Waals surface area (Å²) in [4.78, 5) is 0. The number of ether oxygens (including phenoxy) is 1. The van der Waals surface area contributed by atoms with E-state index in [1.165, 1.54) is 0 Å². The van der Waals surface area contributed by atoms with E-state index in [9.17, 15) is 0 Å². The molecule has 3 heteroatoms. The van der Waals surface area contributed by atoms with Crippen molar-refractivity contribution in [2.24, 2.45) is 0 Å². The first kappa shape index (κ1) is 9.69. The summed E-state index contributed by atoms with van der Waals surface area (Å²) in [5.41, 5.74) is 1.09. The normalized spacial score (nSPS) is 9.83. The Bertz CT molecular complexity index is 220. The van der Waals surface area contributed by atoms with E-state index in [2.05, 4.69) is 0 Å². The molecule has 0 aliphatic heterocycles. The lowest BCUT2D eigenvalue weighted by atomic mass is 10.2. The molecule has 12 heavy (non-hydrogen) atoms. The van der Waals surface area contributed by atoms with Gasteiger partial charge in [0.2, 0.25) is 0 Å². The number of halogens is 2. The van der Waals surface area contributed by atoms with Crippen LogP contribution in [0.4, 0.5) is 0 Å². The maximum atomic E-state index is 5.62. The number of benzene rings is 1. The van der Waals surface area contributed by atoms with Crippen LogP contribution in [0.5, 0.6) is 5.75 Å². The summed E-state index contributed by atoms with van der Waals surface area (Å²) in [6.45, 7) is 0.543. The van der Waals surface area contributed by atoms with E-state index in [0.29, 0.717) is 18.4 Å². The standard InChI is InChI=1S/C9H10Cl2O/c10-5-6-12-9-3-1-8(7-11)2-4-9/h1-4H,5-7H2. The van der Waals surface area contributed by atoms with Crippen molar-refractivity contribution < 1.29 is 4.74 Å². The highest BCUT2D eigenvalue weighted by molar-refractivity contribution is 6.18. The molecule has 1 aromatic rings. The van der Waals surface area contributed by atoms with Crippen LogP contribution in [0.3, 0.4) is 0 Å². The van der Waals surface area contributed by atoms with E-state index in [-0.39, 0.29) is 0 Å². The summed E-state index contributed by atoms with van der Waals surface area (Å²) in [7, 11) is 0. The van der Waals surface area contributed by atoms with Gasteiger partial charge >= 0.3 is 0 Å². The molecule has 0 aromatic heterocycles. The van der Waals surface area contributed by atoms with Gasteiger partial charge in [-0.05, 0) is 17.7 Å². The first-order chi connectivity index (χ1) is 5.86. The van der Waals surface area contributed by atoms with Crippen LogP contribution in [0.15, 0.2) is 24.3 Å². The molecule has 0 N–H and O–H groups in total. The van der Waals surface area contributed by atoms with Crippen LogP contribution in [0, 0.1) is 0 Å². The van der Waals surface area contributed by atoms with Crippen LogP contribution in [-0.2, 0) is 5.88 Å². The molecule has 0 aliphatic rings. The molecule has 1 aromatic carbocycles. The third kappa shape index (κ3) is 2.92. The predicted molar refractivity (Wildman–Crippen MR) is 52.2 cm³/mol. The van der Waals surface area contributed by atoms with Crippen molar-refractivity contribution in [1.29, 1.82) is 0 Å². The molecule has 0 amide bonds. The van der Waals surface area contributed by atoms with Gasteiger partial charge in [0.25, 0.3) is 0 Å². The van der Waals surface area contributed by atoms with Crippen LogP contribution in [-0.4, -0.2) is 12.5 Å². The third-order valence-electron chi connectivity index (χ3n) is 1.42. The molecule has 0 radical (unpaired) electrons. The highest BCUT2D eigenvalue weighted by atomic mass is 35.5. The lowest BCUT2D eigenvalue weighted by Crippen LogP contribution is -1.97. The molecule has 0 saturated carbocycles. The smallest absolute Gasteiger partial charge is 0.119 e. The minimum atomic E-state index is 0.511. The summed E-state index contributed by atoms with van der Waals surface area (Å²) in [6, 6.07) is 7.67. The maximum absolute atomic E-state index is 5.62. The third-order valence-corrected chi connectivity index (χ3v) is 1.89. The van der Waals surface area contributed by atoms with E-state index in [1.807, 2.05) is 24.3 Å². The van der Waals surface area contributed by atoms with Gasteiger partial charge in [-0.25, -0.2) is 0 Å². The molecule has 1 nitrogen and oxygen atoms in total. The van der Waals surface area contributed by atoms with Crippen molar-refractivity contribution >= 4 is 23.2 Å². The highest BCUT2D eigenvalue weighted by Crippen LogP contribution is 2.13. The van der Waals surface area contributed by atoms with Crippen molar-refractivity contribution in [3.63, 3.8) is 0 Å². The first-order valence-electron chi connectivity index (χ1n) is 3.70. The van der Waals surface area contributed by atoms with E-state index in [1.54, 1.807) is 0 Å². The molecule has 0 fully saturated rings. The Balaban J connectivity index is 2.53. The topological polar surface area (TPSA) is 9.23 Å². The van der Waals surface area contributed by atoms with Gasteiger partial charge in [0.1, 0.15) is 12.4 Å². The molecule has 66 valence electrons. The molecule has 0 saturated heterocycles. The number of hydrogen-bond acceptors (Lipinski definition) is 1. The van der Waals surface area contributed by atoms with Gasteiger partial charge in [-0.15, -0.1) is 23.2 Å². The van der Waals surface area contributed by atoms with Crippen molar-refractivity contribution in [3.8, 4) is 5.75 Å². The largest absolute Gasteiger partial charge is 0.492 e. The van der Waals surface area contributed by atoms with Crippen molar-refractivity contribution in [3.05, 3.63) is 29.8 Å². The van der Waals surface area contributed by atoms with Gasteiger partial charge < -0.3 is 4.74 Å². The van der Waals surface area contributed by atoms with Crippen LogP contribution in [0.1, 0.15) is 5.56 Å². The van der Waals surface area contributed by atoms with Gasteiger partial charge in [-0.2, -0.15) is 0 Å². The van der Waals surface area contributed by atoms with Gasteiger partial charge in [0.15, 0.2) is 0 Å². The van der Waals surface area contributed by atoms with Gasteiger partial charge in [0, 0.05) is 5.88 Å². The quantitative estimate of drug-likeness (QED) is 0.686.